The summed E-state index contributed by atoms with van der Waals surface area (Å²) in [6.07, 6.45) is 5.44. The summed E-state index contributed by atoms with van der Waals surface area (Å²) in [6, 6.07) is 15.6. The molecule has 9 heteroatoms. The lowest BCUT2D eigenvalue weighted by Crippen LogP contribution is -2.21. The number of H-pyrrole nitrogens is 1. The third kappa shape index (κ3) is 3.31. The predicted molar refractivity (Wildman–Crippen MR) is 123 cm³/mol. The first-order chi connectivity index (χ1) is 15.7. The van der Waals surface area contributed by atoms with E-state index in [1.807, 2.05) is 36.4 Å². The average Bonchev–Trinajstić information content (AvgIpc) is 3.55. The molecule has 1 aromatic carbocycles. The zero-order chi connectivity index (χ0) is 21.7. The number of pyridine rings is 3. The molecular weight excluding hydrogens is 424 g/mol. The summed E-state index contributed by atoms with van der Waals surface area (Å²) >= 11 is 1.49. The summed E-state index contributed by atoms with van der Waals surface area (Å²) in [6.45, 7) is 0. The lowest BCUT2D eigenvalue weighted by Gasteiger charge is -2.07. The number of rotatable bonds is 5. The molecule has 32 heavy (non-hydrogen) atoms. The van der Waals surface area contributed by atoms with Crippen LogP contribution in [0.15, 0.2) is 75.7 Å². The fourth-order valence-corrected chi connectivity index (χ4v) is 4.53. The maximum absolute atomic E-state index is 13.2. The van der Waals surface area contributed by atoms with Crippen LogP contribution in [-0.2, 0) is 5.75 Å². The summed E-state index contributed by atoms with van der Waals surface area (Å²) in [5, 5.41) is 8.46. The van der Waals surface area contributed by atoms with Crippen LogP contribution in [0.25, 0.3) is 27.8 Å². The Morgan fingerprint density at radius 3 is 2.47 bits per heavy atom. The Morgan fingerprint density at radius 2 is 1.69 bits per heavy atom. The number of nitrogens with zero attached hydrogens (tertiary/aromatic N) is 5. The summed E-state index contributed by atoms with van der Waals surface area (Å²) in [5.41, 5.74) is 1.90. The molecule has 158 valence electrons. The van der Waals surface area contributed by atoms with Crippen LogP contribution in [0.3, 0.4) is 0 Å². The van der Waals surface area contributed by atoms with Gasteiger partial charge in [-0.2, -0.15) is 4.98 Å². The maximum Gasteiger partial charge on any atom is 0.266 e. The van der Waals surface area contributed by atoms with Crippen LogP contribution in [0.4, 0.5) is 0 Å². The van der Waals surface area contributed by atoms with Gasteiger partial charge in [0.25, 0.3) is 11.1 Å². The molecule has 1 saturated carbocycles. The zero-order valence-electron chi connectivity index (χ0n) is 16.9. The summed E-state index contributed by atoms with van der Waals surface area (Å²) < 4.78 is 3.14. The first-order valence-corrected chi connectivity index (χ1v) is 11.3. The highest BCUT2D eigenvalue weighted by molar-refractivity contribution is 7.98. The van der Waals surface area contributed by atoms with Gasteiger partial charge in [-0.15, -0.1) is 5.10 Å². The SMILES string of the molecule is O=c1c2cc3c(=O)n(C4CC4)ccc3nc2ccn1-c1nc(SCc2ccccc2)n[nH]1. The van der Waals surface area contributed by atoms with Crippen LogP contribution in [-0.4, -0.2) is 29.3 Å². The van der Waals surface area contributed by atoms with Crippen LogP contribution in [0.2, 0.25) is 0 Å². The molecule has 1 aliphatic rings. The largest absolute Gasteiger partial charge is 0.312 e. The Morgan fingerprint density at radius 1 is 0.938 bits per heavy atom. The normalized spacial score (nSPS) is 13.8. The van der Waals surface area contributed by atoms with Crippen molar-refractivity contribution in [1.29, 1.82) is 0 Å². The Kier molecular flexibility index (Phi) is 4.43. The number of hydrogen-bond donors (Lipinski definition) is 1. The number of thioether (sulfide) groups is 1. The van der Waals surface area contributed by atoms with Crippen molar-refractivity contribution in [2.45, 2.75) is 29.8 Å². The molecule has 0 spiro atoms. The number of nitrogens with one attached hydrogen (secondary N) is 1. The van der Waals surface area contributed by atoms with Crippen molar-refractivity contribution >= 4 is 33.6 Å². The van der Waals surface area contributed by atoms with E-state index in [0.717, 1.165) is 18.6 Å². The van der Waals surface area contributed by atoms with Crippen LogP contribution in [0.1, 0.15) is 24.4 Å². The van der Waals surface area contributed by atoms with Gasteiger partial charge in [-0.25, -0.2) is 10.1 Å². The number of aromatic nitrogens is 6. The Bertz CT molecular complexity index is 1580. The van der Waals surface area contributed by atoms with Gasteiger partial charge >= 0.3 is 0 Å². The summed E-state index contributed by atoms with van der Waals surface area (Å²) in [7, 11) is 0. The molecule has 1 aliphatic carbocycles. The van der Waals surface area contributed by atoms with Gasteiger partial charge in [0.15, 0.2) is 0 Å². The van der Waals surface area contributed by atoms with Crippen molar-refractivity contribution in [2.24, 2.45) is 0 Å². The standard InChI is InChI=1S/C23H18N6O2S/c30-20-16-12-17-19(24-18(16)8-10-28(20)15-6-7-15)9-11-29(21(17)31)22-25-23(27-26-22)32-13-14-4-2-1-3-5-14/h1-5,8-12,15H,6-7,13H2,(H,25,26,27). The van der Waals surface area contributed by atoms with E-state index in [4.69, 9.17) is 0 Å². The molecule has 4 heterocycles. The van der Waals surface area contributed by atoms with Gasteiger partial charge in [0.2, 0.25) is 11.1 Å². The first-order valence-electron chi connectivity index (χ1n) is 10.3. The summed E-state index contributed by atoms with van der Waals surface area (Å²) in [4.78, 5) is 35.1. The molecule has 4 aromatic heterocycles. The fourth-order valence-electron chi connectivity index (χ4n) is 3.78. The van der Waals surface area contributed by atoms with Crippen molar-refractivity contribution in [2.75, 3.05) is 0 Å². The number of benzene rings is 1. The number of aromatic amines is 1. The smallest absolute Gasteiger partial charge is 0.266 e. The molecule has 1 fully saturated rings. The van der Waals surface area contributed by atoms with Gasteiger partial charge in [-0.05, 0) is 36.6 Å². The zero-order valence-corrected chi connectivity index (χ0v) is 17.7. The van der Waals surface area contributed by atoms with Crippen LogP contribution in [0.5, 0.6) is 0 Å². The van der Waals surface area contributed by atoms with E-state index >= 15 is 0 Å². The van der Waals surface area contributed by atoms with E-state index in [0.29, 0.717) is 32.9 Å². The van der Waals surface area contributed by atoms with E-state index in [-0.39, 0.29) is 17.2 Å². The van der Waals surface area contributed by atoms with E-state index in [9.17, 15) is 9.59 Å². The molecule has 0 atom stereocenters. The molecule has 0 saturated heterocycles. The Hall–Kier alpha value is -3.72. The quantitative estimate of drug-likeness (QED) is 0.331. The maximum atomic E-state index is 13.2. The second-order valence-corrected chi connectivity index (χ2v) is 8.76. The summed E-state index contributed by atoms with van der Waals surface area (Å²) in [5.74, 6) is 1.06. The monoisotopic (exact) mass is 442 g/mol. The highest BCUT2D eigenvalue weighted by Gasteiger charge is 2.25. The van der Waals surface area contributed by atoms with Gasteiger partial charge in [0.05, 0.1) is 21.8 Å². The van der Waals surface area contributed by atoms with Crippen LogP contribution in [0, 0.1) is 0 Å². The molecule has 5 aromatic rings. The highest BCUT2D eigenvalue weighted by Crippen LogP contribution is 2.33. The van der Waals surface area contributed by atoms with Crippen LogP contribution >= 0.6 is 11.8 Å². The molecule has 1 N–H and O–H groups in total. The Balaban J connectivity index is 1.38. The average molecular weight is 443 g/mol. The van der Waals surface area contributed by atoms with E-state index in [2.05, 4.69) is 20.2 Å². The predicted octanol–water partition coefficient (Wildman–Crippen LogP) is 3.45. The fraction of sp³-hybridized carbons (Fsp3) is 0.174. The second kappa shape index (κ2) is 7.45. The minimum Gasteiger partial charge on any atom is -0.312 e. The van der Waals surface area contributed by atoms with E-state index in [1.165, 1.54) is 21.9 Å². The molecular formula is C23H18N6O2S. The first kappa shape index (κ1) is 19.0. The highest BCUT2D eigenvalue weighted by atomic mass is 32.2. The van der Waals surface area contributed by atoms with E-state index < -0.39 is 0 Å². The molecule has 0 amide bonds. The van der Waals surface area contributed by atoms with Crippen molar-refractivity contribution in [3.63, 3.8) is 0 Å². The van der Waals surface area contributed by atoms with Gasteiger partial charge in [0.1, 0.15) is 0 Å². The lowest BCUT2D eigenvalue weighted by atomic mass is 10.2. The number of hydrogen-bond acceptors (Lipinski definition) is 6. The third-order valence-electron chi connectivity index (χ3n) is 5.60. The van der Waals surface area contributed by atoms with Crippen molar-refractivity contribution in [3.05, 3.63) is 87.2 Å². The Labute approximate surface area is 186 Å². The van der Waals surface area contributed by atoms with E-state index in [1.54, 1.807) is 29.1 Å². The molecule has 0 radical (unpaired) electrons. The number of fused-ring (bicyclic) bond motifs is 2. The van der Waals surface area contributed by atoms with Crippen LogP contribution < -0.4 is 11.1 Å². The molecule has 0 unspecified atom stereocenters. The van der Waals surface area contributed by atoms with Gasteiger partial charge in [-0.1, -0.05) is 42.1 Å². The molecule has 6 rings (SSSR count). The topological polar surface area (TPSA) is 98.5 Å². The van der Waals surface area contributed by atoms with Crippen molar-refractivity contribution in [1.82, 2.24) is 29.3 Å². The minimum atomic E-state index is -0.297. The molecule has 8 nitrogen and oxygen atoms in total. The third-order valence-corrected chi connectivity index (χ3v) is 6.52. The minimum absolute atomic E-state index is 0.103. The van der Waals surface area contributed by atoms with Gasteiger partial charge < -0.3 is 4.57 Å². The van der Waals surface area contributed by atoms with Crippen molar-refractivity contribution < 1.29 is 0 Å². The van der Waals surface area contributed by atoms with Gasteiger partial charge in [0, 0.05) is 24.2 Å². The lowest BCUT2D eigenvalue weighted by molar-refractivity contribution is 0.714. The molecule has 0 aliphatic heterocycles. The van der Waals surface area contributed by atoms with Crippen molar-refractivity contribution in [3.8, 4) is 5.95 Å². The second-order valence-electron chi connectivity index (χ2n) is 7.82. The van der Waals surface area contributed by atoms with Gasteiger partial charge in [-0.3, -0.25) is 14.2 Å². The molecule has 0 bridgehead atoms.